The number of phosphoric acid groups is 1. The predicted molar refractivity (Wildman–Crippen MR) is 298 cm³/mol. The number of ether oxygens (including phenoxy) is 3. The molecule has 0 aliphatic heterocycles. The molecule has 0 saturated carbocycles. The molecule has 0 rings (SSSR count). The van der Waals surface area contributed by atoms with Crippen LogP contribution in [0, 0.1) is 0 Å². The molecule has 0 aliphatic rings. The van der Waals surface area contributed by atoms with Gasteiger partial charge in [-0.25, -0.2) is 4.57 Å². The fourth-order valence-electron chi connectivity index (χ4n) is 8.55. The first-order valence-corrected chi connectivity index (χ1v) is 31.4. The smallest absolute Gasteiger partial charge is 0.462 e. The molecule has 0 bridgehead atoms. The number of unbranched alkanes of at least 4 members (excludes halogenated alkanes) is 33. The molecule has 0 aromatic carbocycles. The number of allylic oxidation sites excluding steroid dienone is 6. The summed E-state index contributed by atoms with van der Waals surface area (Å²) in [6, 6.07) is 0. The third kappa shape index (κ3) is 52.6. The van der Waals surface area contributed by atoms with Gasteiger partial charge in [0, 0.05) is 19.3 Å². The maximum atomic E-state index is 12.9. The van der Waals surface area contributed by atoms with Gasteiger partial charge >= 0.3 is 25.7 Å². The highest BCUT2D eigenvalue weighted by atomic mass is 31.2. The number of carbonyl (C=O) groups is 3. The monoisotopic (exact) mass is 1040 g/mol. The molecule has 0 radical (unpaired) electrons. The Balaban J connectivity index is 4.66. The van der Waals surface area contributed by atoms with E-state index in [0.29, 0.717) is 19.3 Å². The van der Waals surface area contributed by atoms with E-state index in [9.17, 15) is 28.9 Å². The molecule has 0 saturated heterocycles. The molecule has 72 heavy (non-hydrogen) atoms. The second-order valence-corrected chi connectivity index (χ2v) is 21.6. The molecule has 12 heteroatoms. The third-order valence-electron chi connectivity index (χ3n) is 13.1. The summed E-state index contributed by atoms with van der Waals surface area (Å²) in [7, 11) is -4.74. The van der Waals surface area contributed by atoms with Crippen LogP contribution in [0.5, 0.6) is 0 Å². The summed E-state index contributed by atoms with van der Waals surface area (Å²) in [5.74, 6) is -1.46. The second-order valence-electron chi connectivity index (χ2n) is 20.1. The standard InChI is InChI=1S/C60H111O11P/c1-4-7-10-13-16-19-21-23-25-27-28-30-31-33-35-38-40-43-46-49-58(62)67-53-57(71-60(64)51-48-45-42-39-36-34-32-29-26-24-22-20-17-14-11-8-5-2)55-69-72(65,66)68-54-56(52-61)70-59(63)50-47-44-41-37-18-15-12-9-6-3/h8,11,17,20,24,26,56-57,61H,4-7,9-10,12-16,18-19,21-23,25,27-55H2,1-3H3,(H,65,66)/b11-8-,20-17-,26-24-. The number of aliphatic hydroxyl groups excluding tert-OH is 1. The van der Waals surface area contributed by atoms with E-state index in [4.69, 9.17) is 23.3 Å². The number of hydrogen-bond acceptors (Lipinski definition) is 10. The molecule has 3 unspecified atom stereocenters. The molecule has 0 fully saturated rings. The molecular weight excluding hydrogens is 928 g/mol. The van der Waals surface area contributed by atoms with Crippen molar-refractivity contribution < 1.29 is 52.2 Å². The Hall–Kier alpha value is -2.30. The Morgan fingerprint density at radius 3 is 1.11 bits per heavy atom. The van der Waals surface area contributed by atoms with Gasteiger partial charge in [-0.2, -0.15) is 0 Å². The Bertz CT molecular complexity index is 1350. The lowest BCUT2D eigenvalue weighted by Gasteiger charge is -2.21. The highest BCUT2D eigenvalue weighted by Crippen LogP contribution is 2.43. The van der Waals surface area contributed by atoms with Gasteiger partial charge in [-0.05, 0) is 51.4 Å². The van der Waals surface area contributed by atoms with Crippen LogP contribution in [-0.4, -0.2) is 66.5 Å². The number of hydrogen-bond donors (Lipinski definition) is 2. The Labute approximate surface area is 441 Å². The van der Waals surface area contributed by atoms with Gasteiger partial charge in [0.05, 0.1) is 19.8 Å². The molecule has 0 aromatic rings. The summed E-state index contributed by atoms with van der Waals surface area (Å²) in [5.41, 5.74) is 0. The van der Waals surface area contributed by atoms with Crippen molar-refractivity contribution in [3.63, 3.8) is 0 Å². The van der Waals surface area contributed by atoms with E-state index in [0.717, 1.165) is 89.9 Å². The minimum Gasteiger partial charge on any atom is -0.462 e. The summed E-state index contributed by atoms with van der Waals surface area (Å²) >= 11 is 0. The van der Waals surface area contributed by atoms with Gasteiger partial charge in [-0.1, -0.05) is 256 Å². The fraction of sp³-hybridized carbons (Fsp3) is 0.850. The number of phosphoric ester groups is 1. The van der Waals surface area contributed by atoms with Crippen molar-refractivity contribution in [2.45, 2.75) is 303 Å². The lowest BCUT2D eigenvalue weighted by molar-refractivity contribution is -0.161. The number of aliphatic hydroxyl groups is 1. The predicted octanol–water partition coefficient (Wildman–Crippen LogP) is 17.6. The molecule has 3 atom stereocenters. The van der Waals surface area contributed by atoms with Gasteiger partial charge in [-0.3, -0.25) is 23.4 Å². The van der Waals surface area contributed by atoms with Gasteiger partial charge < -0.3 is 24.2 Å². The highest BCUT2D eigenvalue weighted by Gasteiger charge is 2.28. The number of carbonyl (C=O) groups excluding carboxylic acids is 3. The minimum absolute atomic E-state index is 0.161. The SMILES string of the molecule is CC/C=C\C/C=C\C/C=C\CCCCCCCCCC(=O)OC(COC(=O)CCCCCCCCCCCCCCCCCCCCC)COP(=O)(O)OCC(CO)OC(=O)CCCCCCCCCCC. The fourth-order valence-corrected chi connectivity index (χ4v) is 9.33. The maximum absolute atomic E-state index is 12.9. The van der Waals surface area contributed by atoms with Crippen LogP contribution in [0.3, 0.4) is 0 Å². The summed E-state index contributed by atoms with van der Waals surface area (Å²) in [6.45, 7) is 4.55. The van der Waals surface area contributed by atoms with Gasteiger partial charge in [0.15, 0.2) is 6.10 Å². The van der Waals surface area contributed by atoms with Crippen LogP contribution >= 0.6 is 7.82 Å². The van der Waals surface area contributed by atoms with E-state index in [1.54, 1.807) is 0 Å². The largest absolute Gasteiger partial charge is 0.472 e. The topological polar surface area (TPSA) is 155 Å². The molecule has 0 amide bonds. The molecule has 422 valence electrons. The molecular formula is C60H111O11P. The van der Waals surface area contributed by atoms with Gasteiger partial charge in [0.2, 0.25) is 0 Å². The van der Waals surface area contributed by atoms with E-state index in [-0.39, 0.29) is 25.9 Å². The van der Waals surface area contributed by atoms with Gasteiger partial charge in [0.25, 0.3) is 0 Å². The normalized spacial score (nSPS) is 13.6. The zero-order valence-corrected chi connectivity index (χ0v) is 47.6. The van der Waals surface area contributed by atoms with E-state index < -0.39 is 57.8 Å². The van der Waals surface area contributed by atoms with Crippen LogP contribution in [0.25, 0.3) is 0 Å². The van der Waals surface area contributed by atoms with Gasteiger partial charge in [-0.15, -0.1) is 0 Å². The summed E-state index contributed by atoms with van der Waals surface area (Å²) in [6.07, 6.45) is 56.9. The van der Waals surface area contributed by atoms with E-state index in [1.807, 2.05) is 0 Å². The minimum atomic E-state index is -4.74. The number of esters is 3. The summed E-state index contributed by atoms with van der Waals surface area (Å²) in [4.78, 5) is 48.5. The first-order chi connectivity index (χ1) is 35.2. The van der Waals surface area contributed by atoms with Crippen LogP contribution in [-0.2, 0) is 42.2 Å². The van der Waals surface area contributed by atoms with Crippen LogP contribution in [0.2, 0.25) is 0 Å². The van der Waals surface area contributed by atoms with Crippen molar-refractivity contribution in [1.82, 2.24) is 0 Å². The van der Waals surface area contributed by atoms with Crippen molar-refractivity contribution >= 4 is 25.7 Å². The highest BCUT2D eigenvalue weighted by molar-refractivity contribution is 7.47. The summed E-state index contributed by atoms with van der Waals surface area (Å²) < 4.78 is 39.5. The molecule has 0 spiro atoms. The van der Waals surface area contributed by atoms with Crippen LogP contribution in [0.1, 0.15) is 290 Å². The van der Waals surface area contributed by atoms with E-state index in [1.165, 1.54) is 141 Å². The van der Waals surface area contributed by atoms with Crippen LogP contribution in [0.15, 0.2) is 36.5 Å². The molecule has 0 aliphatic carbocycles. The average molecular weight is 1040 g/mol. The third-order valence-corrected chi connectivity index (χ3v) is 14.0. The van der Waals surface area contributed by atoms with Crippen molar-refractivity contribution in [2.24, 2.45) is 0 Å². The van der Waals surface area contributed by atoms with E-state index >= 15 is 0 Å². The zero-order chi connectivity index (χ0) is 52.7. The molecule has 11 nitrogen and oxygen atoms in total. The molecule has 2 N–H and O–H groups in total. The Morgan fingerprint density at radius 1 is 0.403 bits per heavy atom. The van der Waals surface area contributed by atoms with Crippen molar-refractivity contribution in [2.75, 3.05) is 26.4 Å². The van der Waals surface area contributed by atoms with Gasteiger partial charge in [0.1, 0.15) is 12.7 Å². The first-order valence-electron chi connectivity index (χ1n) is 29.9. The Kier molecular flexibility index (Phi) is 53.2. The Morgan fingerprint density at radius 2 is 0.722 bits per heavy atom. The maximum Gasteiger partial charge on any atom is 0.472 e. The first kappa shape index (κ1) is 69.7. The zero-order valence-electron chi connectivity index (χ0n) is 46.7. The lowest BCUT2D eigenvalue weighted by atomic mass is 10.0. The quantitative estimate of drug-likeness (QED) is 0.0197. The average Bonchev–Trinajstić information content (AvgIpc) is 3.37. The van der Waals surface area contributed by atoms with E-state index in [2.05, 4.69) is 57.2 Å². The number of rotatable bonds is 56. The van der Waals surface area contributed by atoms with Crippen LogP contribution in [0.4, 0.5) is 0 Å². The van der Waals surface area contributed by atoms with Crippen molar-refractivity contribution in [3.8, 4) is 0 Å². The van der Waals surface area contributed by atoms with Crippen LogP contribution < -0.4 is 0 Å². The molecule has 0 heterocycles. The summed E-state index contributed by atoms with van der Waals surface area (Å²) in [5, 5.41) is 9.78. The lowest BCUT2D eigenvalue weighted by Crippen LogP contribution is -2.30. The second kappa shape index (κ2) is 54.9. The molecule has 0 aromatic heterocycles. The van der Waals surface area contributed by atoms with Crippen molar-refractivity contribution in [3.05, 3.63) is 36.5 Å². The van der Waals surface area contributed by atoms with Crippen molar-refractivity contribution in [1.29, 1.82) is 0 Å².